The largest absolute Gasteiger partial charge is 0.497 e. The maximum absolute atomic E-state index is 11.9. The van der Waals surface area contributed by atoms with Crippen molar-refractivity contribution in [2.45, 2.75) is 11.8 Å². The average molecular weight is 358 g/mol. The molecule has 0 aliphatic rings. The van der Waals surface area contributed by atoms with Crippen LogP contribution in [0, 0.1) is 0 Å². The van der Waals surface area contributed by atoms with Crippen molar-refractivity contribution < 1.29 is 24.5 Å². The van der Waals surface area contributed by atoms with E-state index >= 15 is 0 Å². The molecular weight excluding hydrogens is 344 g/mol. The van der Waals surface area contributed by atoms with Gasteiger partial charge in [-0.2, -0.15) is 8.75 Å². The normalized spacial score (nSPS) is 13.3. The van der Waals surface area contributed by atoms with E-state index < -0.39 is 23.8 Å². The fourth-order valence-electron chi connectivity index (χ4n) is 2.76. The van der Waals surface area contributed by atoms with Gasteiger partial charge in [-0.15, -0.1) is 0 Å². The lowest BCUT2D eigenvalue weighted by Gasteiger charge is -2.21. The Balaban J connectivity index is 2.08. The lowest BCUT2D eigenvalue weighted by molar-refractivity contribution is -0.147. The summed E-state index contributed by atoms with van der Waals surface area (Å²) in [6.07, 6.45) is 0. The number of fused-ring (bicyclic) bond motifs is 1. The maximum Gasteiger partial charge on any atom is 0.312 e. The molecule has 2 aromatic carbocycles. The first kappa shape index (κ1) is 16.8. The molecular formula is C17H14N2O5S. The predicted octanol–water partition coefficient (Wildman–Crippen LogP) is 2.74. The smallest absolute Gasteiger partial charge is 0.312 e. The number of carboxylic acid groups (broad SMARTS) is 2. The van der Waals surface area contributed by atoms with Crippen LogP contribution in [-0.4, -0.2) is 38.0 Å². The number of hydrogen-bond donors (Lipinski definition) is 2. The Kier molecular flexibility index (Phi) is 4.62. The standard InChI is InChI=1S/C17H14N2O5S/c1-24-11-5-2-9(3-6-11)14(16(20)21)15(17(22)23)10-4-7-12-13(8-10)19-25-18-12/h2-8,14-15H,1H3,(H,20,21)(H,22,23). The topological polar surface area (TPSA) is 110 Å². The van der Waals surface area contributed by atoms with Crippen molar-refractivity contribution in [2.24, 2.45) is 0 Å². The molecule has 2 atom stereocenters. The lowest BCUT2D eigenvalue weighted by Crippen LogP contribution is -2.26. The molecule has 0 aliphatic heterocycles. The highest BCUT2D eigenvalue weighted by atomic mass is 32.1. The molecule has 1 heterocycles. The zero-order chi connectivity index (χ0) is 18.0. The van der Waals surface area contributed by atoms with Gasteiger partial charge in [0.2, 0.25) is 0 Å². The third kappa shape index (κ3) is 3.29. The second kappa shape index (κ2) is 6.86. The van der Waals surface area contributed by atoms with Gasteiger partial charge in [0, 0.05) is 0 Å². The second-order valence-corrected chi connectivity index (χ2v) is 5.95. The van der Waals surface area contributed by atoms with E-state index in [4.69, 9.17) is 4.74 Å². The number of carbonyl (C=O) groups is 2. The van der Waals surface area contributed by atoms with Gasteiger partial charge in [0.05, 0.1) is 30.7 Å². The second-order valence-electron chi connectivity index (χ2n) is 5.42. The molecule has 2 unspecified atom stereocenters. The minimum atomic E-state index is -1.25. The highest BCUT2D eigenvalue weighted by molar-refractivity contribution is 7.00. The lowest BCUT2D eigenvalue weighted by atomic mass is 9.81. The molecule has 8 heteroatoms. The zero-order valence-electron chi connectivity index (χ0n) is 13.1. The first-order chi connectivity index (χ1) is 12.0. The van der Waals surface area contributed by atoms with E-state index in [1.807, 2.05) is 0 Å². The summed E-state index contributed by atoms with van der Waals surface area (Å²) in [5.74, 6) is -4.36. The Morgan fingerprint density at radius 3 is 2.08 bits per heavy atom. The van der Waals surface area contributed by atoms with Crippen LogP contribution in [0.2, 0.25) is 0 Å². The molecule has 0 amide bonds. The molecule has 7 nitrogen and oxygen atoms in total. The summed E-state index contributed by atoms with van der Waals surface area (Å²) >= 11 is 1.02. The van der Waals surface area contributed by atoms with Gasteiger partial charge in [-0.25, -0.2) is 0 Å². The van der Waals surface area contributed by atoms with Crippen LogP contribution < -0.4 is 4.74 Å². The highest BCUT2D eigenvalue weighted by Gasteiger charge is 2.36. The van der Waals surface area contributed by atoms with Crippen LogP contribution in [-0.2, 0) is 9.59 Å². The molecule has 2 N–H and O–H groups in total. The molecule has 1 aromatic heterocycles. The van der Waals surface area contributed by atoms with E-state index in [0.29, 0.717) is 27.9 Å². The van der Waals surface area contributed by atoms with Crippen molar-refractivity contribution in [3.8, 4) is 5.75 Å². The number of ether oxygens (including phenoxy) is 1. The number of aromatic nitrogens is 2. The molecule has 0 bridgehead atoms. The van der Waals surface area contributed by atoms with Crippen LogP contribution in [0.1, 0.15) is 23.0 Å². The minimum absolute atomic E-state index is 0.371. The highest BCUT2D eigenvalue weighted by Crippen LogP contribution is 2.35. The van der Waals surface area contributed by atoms with Crippen molar-refractivity contribution in [3.05, 3.63) is 53.6 Å². The monoisotopic (exact) mass is 358 g/mol. The third-order valence-electron chi connectivity index (χ3n) is 3.98. The molecule has 0 fully saturated rings. The van der Waals surface area contributed by atoms with Crippen molar-refractivity contribution in [1.29, 1.82) is 0 Å². The van der Waals surface area contributed by atoms with Crippen molar-refractivity contribution >= 4 is 34.7 Å². The summed E-state index contributed by atoms with van der Waals surface area (Å²) in [5.41, 5.74) is 1.95. The zero-order valence-corrected chi connectivity index (χ0v) is 13.9. The van der Waals surface area contributed by atoms with Crippen LogP contribution in [0.4, 0.5) is 0 Å². The molecule has 25 heavy (non-hydrogen) atoms. The van der Waals surface area contributed by atoms with Crippen molar-refractivity contribution in [3.63, 3.8) is 0 Å². The summed E-state index contributed by atoms with van der Waals surface area (Å²) in [6, 6.07) is 11.2. The van der Waals surface area contributed by atoms with Crippen LogP contribution in [0.3, 0.4) is 0 Å². The van der Waals surface area contributed by atoms with E-state index in [0.717, 1.165) is 11.7 Å². The predicted molar refractivity (Wildman–Crippen MR) is 91.2 cm³/mol. The van der Waals surface area contributed by atoms with Gasteiger partial charge in [-0.1, -0.05) is 18.2 Å². The van der Waals surface area contributed by atoms with E-state index in [-0.39, 0.29) is 0 Å². The Bertz CT molecular complexity index is 922. The van der Waals surface area contributed by atoms with Crippen LogP contribution >= 0.6 is 11.7 Å². The molecule has 0 radical (unpaired) electrons. The Morgan fingerprint density at radius 2 is 1.48 bits per heavy atom. The molecule has 3 rings (SSSR count). The summed E-state index contributed by atoms with van der Waals surface area (Å²) in [7, 11) is 1.50. The first-order valence-corrected chi connectivity index (χ1v) is 8.06. The fraction of sp³-hybridized carbons (Fsp3) is 0.176. The van der Waals surface area contributed by atoms with E-state index in [2.05, 4.69) is 8.75 Å². The summed E-state index contributed by atoms with van der Waals surface area (Å²) in [6.45, 7) is 0. The van der Waals surface area contributed by atoms with Crippen LogP contribution in [0.15, 0.2) is 42.5 Å². The van der Waals surface area contributed by atoms with Crippen molar-refractivity contribution in [2.75, 3.05) is 7.11 Å². The molecule has 0 saturated carbocycles. The SMILES string of the molecule is COc1ccc(C(C(=O)O)C(C(=O)O)c2ccc3nsnc3c2)cc1. The Labute approximate surface area is 146 Å². The van der Waals surface area contributed by atoms with E-state index in [1.54, 1.807) is 42.5 Å². The Morgan fingerprint density at radius 1 is 0.920 bits per heavy atom. The number of nitrogens with zero attached hydrogens (tertiary/aromatic N) is 2. The summed E-state index contributed by atoms with van der Waals surface area (Å²) in [4.78, 5) is 23.8. The van der Waals surface area contributed by atoms with Gasteiger partial charge in [0.15, 0.2) is 0 Å². The van der Waals surface area contributed by atoms with Gasteiger partial charge in [-0.3, -0.25) is 9.59 Å². The van der Waals surface area contributed by atoms with Gasteiger partial charge in [0.25, 0.3) is 0 Å². The van der Waals surface area contributed by atoms with Gasteiger partial charge in [-0.05, 0) is 35.4 Å². The van der Waals surface area contributed by atoms with E-state index in [1.165, 1.54) is 7.11 Å². The maximum atomic E-state index is 11.9. The molecule has 0 aliphatic carbocycles. The van der Waals surface area contributed by atoms with Crippen LogP contribution in [0.25, 0.3) is 11.0 Å². The number of carboxylic acids is 2. The van der Waals surface area contributed by atoms with Crippen molar-refractivity contribution in [1.82, 2.24) is 8.75 Å². The average Bonchev–Trinajstić information content (AvgIpc) is 3.06. The van der Waals surface area contributed by atoms with E-state index in [9.17, 15) is 19.8 Å². The summed E-state index contributed by atoms with van der Waals surface area (Å²) in [5, 5.41) is 19.4. The summed E-state index contributed by atoms with van der Waals surface area (Å²) < 4.78 is 13.2. The fourth-order valence-corrected chi connectivity index (χ4v) is 3.28. The number of aliphatic carboxylic acids is 2. The van der Waals surface area contributed by atoms with Gasteiger partial charge < -0.3 is 14.9 Å². The number of benzene rings is 2. The number of rotatable bonds is 6. The third-order valence-corrected chi connectivity index (χ3v) is 4.53. The number of methoxy groups -OCH3 is 1. The molecule has 128 valence electrons. The molecule has 3 aromatic rings. The number of hydrogen-bond acceptors (Lipinski definition) is 6. The first-order valence-electron chi connectivity index (χ1n) is 7.33. The Hall–Kier alpha value is -3.00. The molecule has 0 saturated heterocycles. The van der Waals surface area contributed by atoms with Gasteiger partial charge >= 0.3 is 11.9 Å². The minimum Gasteiger partial charge on any atom is -0.497 e. The van der Waals surface area contributed by atoms with Crippen LogP contribution in [0.5, 0.6) is 5.75 Å². The quantitative estimate of drug-likeness (QED) is 0.697. The van der Waals surface area contributed by atoms with Gasteiger partial charge in [0.1, 0.15) is 16.8 Å². The molecule has 0 spiro atoms.